The Labute approximate surface area is 206 Å². The second-order valence-corrected chi connectivity index (χ2v) is 9.44. The molecule has 194 valence electrons. The number of amides is 3. The molecule has 3 saturated heterocycles. The average molecular weight is 491 g/mol. The van der Waals surface area contributed by atoms with Crippen molar-refractivity contribution < 1.29 is 28.9 Å². The van der Waals surface area contributed by atoms with Gasteiger partial charge in [-0.3, -0.25) is 9.69 Å². The number of hydrogen-bond donors (Lipinski definition) is 3. The van der Waals surface area contributed by atoms with E-state index in [9.17, 15) is 14.7 Å². The minimum absolute atomic E-state index is 0.0173. The Morgan fingerprint density at radius 3 is 2.66 bits per heavy atom. The Balaban J connectivity index is 1.25. The molecule has 3 aliphatic rings. The van der Waals surface area contributed by atoms with E-state index in [1.807, 2.05) is 30.3 Å². The highest BCUT2D eigenvalue weighted by atomic mass is 16.5. The van der Waals surface area contributed by atoms with E-state index in [1.165, 1.54) is 0 Å². The number of urea groups is 1. The zero-order valence-electron chi connectivity index (χ0n) is 20.3. The van der Waals surface area contributed by atoms with Gasteiger partial charge in [-0.25, -0.2) is 4.79 Å². The van der Waals surface area contributed by atoms with Crippen LogP contribution in [0.25, 0.3) is 0 Å². The second-order valence-electron chi connectivity index (χ2n) is 9.44. The first kappa shape index (κ1) is 25.8. The van der Waals surface area contributed by atoms with Gasteiger partial charge in [0.2, 0.25) is 5.91 Å². The Bertz CT molecular complexity index is 806. The predicted molar refractivity (Wildman–Crippen MR) is 130 cm³/mol. The van der Waals surface area contributed by atoms with Crippen LogP contribution in [0.2, 0.25) is 0 Å². The molecule has 0 radical (unpaired) electrons. The molecule has 0 aliphatic carbocycles. The SMILES string of the molecule is O=C(C[C@H]1CC[C@@H]2[C@H](COC[C@@H](O)CN2C(=O)Nc2ccccc2)O1)NCCCN1CCOCC1. The molecule has 1 aromatic rings. The first-order valence-corrected chi connectivity index (χ1v) is 12.7. The quantitative estimate of drug-likeness (QED) is 0.490. The van der Waals surface area contributed by atoms with E-state index >= 15 is 0 Å². The molecule has 0 bridgehead atoms. The van der Waals surface area contributed by atoms with Gasteiger partial charge < -0.3 is 34.9 Å². The highest BCUT2D eigenvalue weighted by Crippen LogP contribution is 2.28. The molecule has 10 nitrogen and oxygen atoms in total. The van der Waals surface area contributed by atoms with Gasteiger partial charge in [0, 0.05) is 25.3 Å². The number of nitrogens with zero attached hydrogens (tertiary/aromatic N) is 2. The first-order chi connectivity index (χ1) is 17.1. The minimum Gasteiger partial charge on any atom is -0.389 e. The fourth-order valence-electron chi connectivity index (χ4n) is 4.93. The van der Waals surface area contributed by atoms with Gasteiger partial charge in [-0.15, -0.1) is 0 Å². The summed E-state index contributed by atoms with van der Waals surface area (Å²) in [7, 11) is 0. The molecule has 10 heteroatoms. The molecule has 35 heavy (non-hydrogen) atoms. The van der Waals surface area contributed by atoms with E-state index in [-0.39, 0.29) is 49.9 Å². The van der Waals surface area contributed by atoms with Crippen LogP contribution in [0.1, 0.15) is 25.7 Å². The molecular weight excluding hydrogens is 452 g/mol. The summed E-state index contributed by atoms with van der Waals surface area (Å²) in [6, 6.07) is 8.75. The average Bonchev–Trinajstić information content (AvgIpc) is 2.86. The van der Waals surface area contributed by atoms with Crippen LogP contribution in [-0.4, -0.2) is 110 Å². The molecule has 3 N–H and O–H groups in total. The maximum Gasteiger partial charge on any atom is 0.322 e. The lowest BCUT2D eigenvalue weighted by Crippen LogP contribution is -2.58. The van der Waals surface area contributed by atoms with Crippen molar-refractivity contribution in [2.24, 2.45) is 0 Å². The Morgan fingerprint density at radius 1 is 1.06 bits per heavy atom. The van der Waals surface area contributed by atoms with Crippen LogP contribution in [-0.2, 0) is 19.0 Å². The summed E-state index contributed by atoms with van der Waals surface area (Å²) in [5.41, 5.74) is 0.696. The third kappa shape index (κ3) is 7.88. The minimum atomic E-state index is -0.765. The van der Waals surface area contributed by atoms with E-state index in [4.69, 9.17) is 14.2 Å². The van der Waals surface area contributed by atoms with Crippen LogP contribution < -0.4 is 10.6 Å². The van der Waals surface area contributed by atoms with Crippen LogP contribution >= 0.6 is 0 Å². The third-order valence-corrected chi connectivity index (χ3v) is 6.76. The third-order valence-electron chi connectivity index (χ3n) is 6.76. The van der Waals surface area contributed by atoms with Crippen molar-refractivity contribution in [3.05, 3.63) is 30.3 Å². The van der Waals surface area contributed by atoms with Crippen molar-refractivity contribution in [1.82, 2.24) is 15.1 Å². The molecule has 0 unspecified atom stereocenters. The number of hydrogen-bond acceptors (Lipinski definition) is 7. The lowest BCUT2D eigenvalue weighted by atomic mass is 9.95. The maximum absolute atomic E-state index is 13.1. The largest absolute Gasteiger partial charge is 0.389 e. The van der Waals surface area contributed by atoms with E-state index in [2.05, 4.69) is 15.5 Å². The first-order valence-electron chi connectivity index (χ1n) is 12.7. The number of aliphatic hydroxyl groups is 1. The lowest BCUT2D eigenvalue weighted by Gasteiger charge is -2.44. The van der Waals surface area contributed by atoms with Gasteiger partial charge in [0.25, 0.3) is 0 Å². The number of ether oxygens (including phenoxy) is 3. The van der Waals surface area contributed by atoms with Crippen LogP contribution in [0, 0.1) is 0 Å². The van der Waals surface area contributed by atoms with Gasteiger partial charge in [0.15, 0.2) is 0 Å². The normalized spacial score (nSPS) is 27.9. The van der Waals surface area contributed by atoms with Crippen molar-refractivity contribution >= 4 is 17.6 Å². The summed E-state index contributed by atoms with van der Waals surface area (Å²) >= 11 is 0. The lowest BCUT2D eigenvalue weighted by molar-refractivity contribution is -0.149. The van der Waals surface area contributed by atoms with Gasteiger partial charge in [0.05, 0.1) is 57.6 Å². The number of nitrogens with one attached hydrogen (secondary N) is 2. The number of rotatable bonds is 7. The second kappa shape index (κ2) is 13.2. The fraction of sp³-hybridized carbons (Fsp3) is 0.680. The summed E-state index contributed by atoms with van der Waals surface area (Å²) in [4.78, 5) is 29.6. The monoisotopic (exact) mass is 490 g/mol. The summed E-state index contributed by atoms with van der Waals surface area (Å²) in [5, 5.41) is 16.2. The number of para-hydroxylation sites is 1. The molecule has 4 rings (SSSR count). The molecule has 1 aromatic carbocycles. The highest BCUT2D eigenvalue weighted by molar-refractivity contribution is 5.89. The molecule has 0 saturated carbocycles. The molecule has 0 spiro atoms. The Hall–Kier alpha value is -2.24. The van der Waals surface area contributed by atoms with Gasteiger partial charge >= 0.3 is 6.03 Å². The van der Waals surface area contributed by atoms with Gasteiger partial charge in [-0.1, -0.05) is 18.2 Å². The van der Waals surface area contributed by atoms with Crippen molar-refractivity contribution in [1.29, 1.82) is 0 Å². The van der Waals surface area contributed by atoms with Crippen molar-refractivity contribution in [3.63, 3.8) is 0 Å². The zero-order chi connectivity index (χ0) is 24.5. The molecule has 4 atom stereocenters. The standard InChI is InChI=1S/C25H38N4O6/c30-20-16-29(25(32)27-19-5-2-1-3-6-19)22-8-7-21(35-23(22)18-34-17-20)15-24(31)26-9-4-10-28-11-13-33-14-12-28/h1-3,5-6,20-23,30H,4,7-18H2,(H,26,31)(H,27,32)/t20-,21+,22+,23-/m0/s1. The molecule has 0 aromatic heterocycles. The van der Waals surface area contributed by atoms with Crippen LogP contribution in [0.5, 0.6) is 0 Å². The molecule has 3 aliphatic heterocycles. The summed E-state index contributed by atoms with van der Waals surface area (Å²) in [6.07, 6.45) is 1.20. The van der Waals surface area contributed by atoms with Gasteiger partial charge in [-0.2, -0.15) is 0 Å². The van der Waals surface area contributed by atoms with Gasteiger partial charge in [-0.05, 0) is 37.9 Å². The van der Waals surface area contributed by atoms with Gasteiger partial charge in [0.1, 0.15) is 6.10 Å². The van der Waals surface area contributed by atoms with E-state index in [0.29, 0.717) is 31.5 Å². The molecule has 3 heterocycles. The zero-order valence-corrected chi connectivity index (χ0v) is 20.3. The van der Waals surface area contributed by atoms with Crippen LogP contribution in [0.4, 0.5) is 10.5 Å². The van der Waals surface area contributed by atoms with Crippen LogP contribution in [0.3, 0.4) is 0 Å². The summed E-state index contributed by atoms with van der Waals surface area (Å²) < 4.78 is 17.3. The Morgan fingerprint density at radius 2 is 1.86 bits per heavy atom. The van der Waals surface area contributed by atoms with Crippen molar-refractivity contribution in [2.45, 2.75) is 50.0 Å². The van der Waals surface area contributed by atoms with Crippen molar-refractivity contribution in [3.8, 4) is 0 Å². The number of morpholine rings is 1. The van der Waals surface area contributed by atoms with Crippen LogP contribution in [0.15, 0.2) is 30.3 Å². The topological polar surface area (TPSA) is 113 Å². The number of fused-ring (bicyclic) bond motifs is 1. The number of carbonyl (C=O) groups excluding carboxylic acids is 2. The van der Waals surface area contributed by atoms with Crippen molar-refractivity contribution in [2.75, 3.05) is 64.5 Å². The number of aliphatic hydroxyl groups excluding tert-OH is 1. The number of carbonyl (C=O) groups is 2. The fourth-order valence-corrected chi connectivity index (χ4v) is 4.93. The van der Waals surface area contributed by atoms with E-state index in [0.717, 1.165) is 39.3 Å². The molecular formula is C25H38N4O6. The highest BCUT2D eigenvalue weighted by Gasteiger charge is 2.40. The summed E-state index contributed by atoms with van der Waals surface area (Å²) in [6.45, 7) is 5.63. The van der Waals surface area contributed by atoms with E-state index in [1.54, 1.807) is 4.90 Å². The smallest absolute Gasteiger partial charge is 0.322 e. The molecule has 3 fully saturated rings. The number of benzene rings is 1. The van der Waals surface area contributed by atoms with E-state index < -0.39 is 6.10 Å². The maximum atomic E-state index is 13.1. The Kier molecular flexibility index (Phi) is 9.73. The molecule has 3 amide bonds. The summed E-state index contributed by atoms with van der Waals surface area (Å²) in [5.74, 6) is -0.0173. The predicted octanol–water partition coefficient (Wildman–Crippen LogP) is 1.06. The number of β-amino-alcohol motifs (C(OH)–C–C–N with tert-alkyl or cyclic N) is 1. The number of anilines is 1.